The van der Waals surface area contributed by atoms with Crippen molar-refractivity contribution in [2.45, 2.75) is 25.5 Å². The largest absolute Gasteiger partial charge is 0.497 e. The monoisotopic (exact) mass is 253 g/mol. The number of hydrogen-bond donors (Lipinski definition) is 1. The van der Waals surface area contributed by atoms with Gasteiger partial charge >= 0.3 is 0 Å². The Morgan fingerprint density at radius 2 is 1.88 bits per heavy atom. The average Bonchev–Trinajstić information content (AvgIpc) is 2.34. The molecule has 0 aliphatic carbocycles. The van der Waals surface area contributed by atoms with Crippen molar-refractivity contribution in [1.82, 2.24) is 0 Å². The van der Waals surface area contributed by atoms with Crippen LogP contribution in [0.1, 0.15) is 31.1 Å². The van der Waals surface area contributed by atoms with Crippen LogP contribution in [0.25, 0.3) is 0 Å². The number of hydrogen-bond acceptors (Lipinski definition) is 3. The van der Waals surface area contributed by atoms with Gasteiger partial charge in [-0.15, -0.1) is 0 Å². The normalized spacial score (nSPS) is 12.8. The van der Waals surface area contributed by atoms with Crippen LogP contribution < -0.4 is 10.5 Å². The quantitative estimate of drug-likeness (QED) is 0.808. The number of benzene rings is 1. The van der Waals surface area contributed by atoms with Crippen molar-refractivity contribution in [3.63, 3.8) is 0 Å². The lowest BCUT2D eigenvalue weighted by Crippen LogP contribution is -2.10. The zero-order chi connectivity index (χ0) is 12.7. The highest BCUT2D eigenvalue weighted by Crippen LogP contribution is 2.30. The number of methoxy groups -OCH3 is 1. The van der Waals surface area contributed by atoms with E-state index in [9.17, 15) is 0 Å². The Morgan fingerprint density at radius 1 is 1.24 bits per heavy atom. The van der Waals surface area contributed by atoms with Gasteiger partial charge in [0.1, 0.15) is 5.75 Å². The number of nitrogens with two attached hydrogens (primary N) is 1. The molecule has 1 unspecified atom stereocenters. The topological polar surface area (TPSA) is 35.2 Å². The van der Waals surface area contributed by atoms with Gasteiger partial charge in [-0.2, -0.15) is 11.8 Å². The molecule has 1 rings (SSSR count). The van der Waals surface area contributed by atoms with Crippen molar-refractivity contribution < 1.29 is 4.74 Å². The summed E-state index contributed by atoms with van der Waals surface area (Å²) in [6.45, 7) is 5.20. The molecule has 0 saturated carbocycles. The molecule has 0 aromatic heterocycles. The average molecular weight is 253 g/mol. The van der Waals surface area contributed by atoms with Crippen LogP contribution in [0, 0.1) is 5.92 Å². The Morgan fingerprint density at radius 3 is 2.35 bits per heavy atom. The van der Waals surface area contributed by atoms with Gasteiger partial charge in [0, 0.05) is 11.8 Å². The van der Waals surface area contributed by atoms with E-state index < -0.39 is 0 Å². The Hall–Kier alpha value is -0.670. The molecule has 3 heteroatoms. The molecule has 96 valence electrons. The van der Waals surface area contributed by atoms with Crippen LogP contribution in [0.15, 0.2) is 24.3 Å². The lowest BCUT2D eigenvalue weighted by atomic mass is 10.1. The summed E-state index contributed by atoms with van der Waals surface area (Å²) < 4.78 is 5.16. The van der Waals surface area contributed by atoms with Crippen LogP contribution in [0.4, 0.5) is 0 Å². The van der Waals surface area contributed by atoms with Crippen LogP contribution >= 0.6 is 11.8 Å². The van der Waals surface area contributed by atoms with Gasteiger partial charge in [-0.1, -0.05) is 26.0 Å². The first-order valence-corrected chi connectivity index (χ1v) is 7.17. The van der Waals surface area contributed by atoms with Crippen molar-refractivity contribution in [2.24, 2.45) is 11.7 Å². The van der Waals surface area contributed by atoms with E-state index in [-0.39, 0.29) is 0 Å². The summed E-state index contributed by atoms with van der Waals surface area (Å²) in [5.74, 6) is 2.83. The molecule has 1 atom stereocenters. The van der Waals surface area contributed by atoms with E-state index in [0.717, 1.165) is 11.7 Å². The molecule has 2 N–H and O–H groups in total. The maximum atomic E-state index is 5.84. The fourth-order valence-electron chi connectivity index (χ4n) is 1.56. The fourth-order valence-corrected chi connectivity index (χ4v) is 2.94. The summed E-state index contributed by atoms with van der Waals surface area (Å²) in [4.78, 5) is 0. The predicted molar refractivity (Wildman–Crippen MR) is 76.7 cm³/mol. The van der Waals surface area contributed by atoms with Gasteiger partial charge in [0.05, 0.1) is 7.11 Å². The first-order chi connectivity index (χ1) is 8.17. The number of ether oxygens (including phenoxy) is 1. The van der Waals surface area contributed by atoms with Gasteiger partial charge in [-0.05, 0) is 35.8 Å². The SMILES string of the molecule is COc1ccc(C(CN)SCCC(C)C)cc1. The highest BCUT2D eigenvalue weighted by Gasteiger charge is 2.10. The van der Waals surface area contributed by atoms with E-state index in [1.165, 1.54) is 17.7 Å². The minimum atomic E-state index is 0.402. The van der Waals surface area contributed by atoms with E-state index >= 15 is 0 Å². The molecular formula is C14H23NOS. The lowest BCUT2D eigenvalue weighted by molar-refractivity contribution is 0.414. The molecule has 0 amide bonds. The van der Waals surface area contributed by atoms with Gasteiger partial charge in [-0.25, -0.2) is 0 Å². The van der Waals surface area contributed by atoms with Crippen molar-refractivity contribution in [3.8, 4) is 5.75 Å². The molecule has 0 radical (unpaired) electrons. The van der Waals surface area contributed by atoms with Crippen LogP contribution in [0.2, 0.25) is 0 Å². The molecule has 0 spiro atoms. The molecular weight excluding hydrogens is 230 g/mol. The second-order valence-electron chi connectivity index (χ2n) is 4.55. The second-order valence-corrected chi connectivity index (χ2v) is 5.86. The van der Waals surface area contributed by atoms with Gasteiger partial charge in [-0.3, -0.25) is 0 Å². The van der Waals surface area contributed by atoms with Crippen molar-refractivity contribution in [3.05, 3.63) is 29.8 Å². The van der Waals surface area contributed by atoms with Crippen molar-refractivity contribution in [2.75, 3.05) is 19.4 Å². The first-order valence-electron chi connectivity index (χ1n) is 6.13. The summed E-state index contributed by atoms with van der Waals surface area (Å²) in [5.41, 5.74) is 7.13. The molecule has 0 saturated heterocycles. The van der Waals surface area contributed by atoms with Crippen LogP contribution in [-0.2, 0) is 0 Å². The first kappa shape index (κ1) is 14.4. The summed E-state index contributed by atoms with van der Waals surface area (Å²) in [5, 5.41) is 0.402. The van der Waals surface area contributed by atoms with Gasteiger partial charge in [0.2, 0.25) is 0 Å². The van der Waals surface area contributed by atoms with Crippen LogP contribution in [0.5, 0.6) is 5.75 Å². The van der Waals surface area contributed by atoms with Crippen molar-refractivity contribution in [1.29, 1.82) is 0 Å². The smallest absolute Gasteiger partial charge is 0.118 e. The van der Waals surface area contributed by atoms with E-state index in [0.29, 0.717) is 11.8 Å². The third-order valence-electron chi connectivity index (χ3n) is 2.72. The zero-order valence-electron chi connectivity index (χ0n) is 11.0. The highest BCUT2D eigenvalue weighted by molar-refractivity contribution is 7.99. The molecule has 0 fully saturated rings. The predicted octanol–water partition coefficient (Wildman–Crippen LogP) is 3.47. The van der Waals surface area contributed by atoms with E-state index in [1.54, 1.807) is 7.11 Å². The molecule has 17 heavy (non-hydrogen) atoms. The molecule has 0 bridgehead atoms. The molecule has 2 nitrogen and oxygen atoms in total. The molecule has 0 aliphatic heterocycles. The summed E-state index contributed by atoms with van der Waals surface area (Å²) in [7, 11) is 1.69. The van der Waals surface area contributed by atoms with Gasteiger partial charge in [0.25, 0.3) is 0 Å². The Labute approximate surface area is 109 Å². The van der Waals surface area contributed by atoms with Gasteiger partial charge in [0.15, 0.2) is 0 Å². The Balaban J connectivity index is 2.53. The zero-order valence-corrected chi connectivity index (χ0v) is 11.8. The third kappa shape index (κ3) is 5.00. The van der Waals surface area contributed by atoms with E-state index in [1.807, 2.05) is 23.9 Å². The van der Waals surface area contributed by atoms with Gasteiger partial charge < -0.3 is 10.5 Å². The summed E-state index contributed by atoms with van der Waals surface area (Å²) in [6.07, 6.45) is 1.25. The summed E-state index contributed by atoms with van der Waals surface area (Å²) in [6, 6.07) is 8.22. The molecule has 0 aliphatic rings. The van der Waals surface area contributed by atoms with Crippen molar-refractivity contribution >= 4 is 11.8 Å². The van der Waals surface area contributed by atoms with Crippen LogP contribution in [0.3, 0.4) is 0 Å². The lowest BCUT2D eigenvalue weighted by Gasteiger charge is -2.16. The van der Waals surface area contributed by atoms with Crippen LogP contribution in [-0.4, -0.2) is 19.4 Å². The maximum absolute atomic E-state index is 5.84. The third-order valence-corrected chi connectivity index (χ3v) is 4.05. The minimum absolute atomic E-state index is 0.402. The Bertz CT molecular complexity index is 311. The minimum Gasteiger partial charge on any atom is -0.497 e. The fraction of sp³-hybridized carbons (Fsp3) is 0.571. The summed E-state index contributed by atoms with van der Waals surface area (Å²) >= 11 is 1.95. The Kier molecular flexibility index (Phi) is 6.45. The molecule has 0 heterocycles. The molecule has 1 aromatic carbocycles. The standard InChI is InChI=1S/C14H23NOS/c1-11(2)8-9-17-14(10-15)12-4-6-13(16-3)7-5-12/h4-7,11,14H,8-10,15H2,1-3H3. The molecule has 1 aromatic rings. The van der Waals surface area contributed by atoms with E-state index in [2.05, 4.69) is 26.0 Å². The number of thioether (sulfide) groups is 1. The van der Waals surface area contributed by atoms with E-state index in [4.69, 9.17) is 10.5 Å². The highest BCUT2D eigenvalue weighted by atomic mass is 32.2. The number of rotatable bonds is 7. The second kappa shape index (κ2) is 7.62. The maximum Gasteiger partial charge on any atom is 0.118 e.